The van der Waals surface area contributed by atoms with Crippen LogP contribution in [0, 0.1) is 19.3 Å². The monoisotopic (exact) mass is 356 g/mol. The van der Waals surface area contributed by atoms with Crippen LogP contribution in [-0.2, 0) is 0 Å². The molecule has 1 aromatic rings. The van der Waals surface area contributed by atoms with Crippen molar-refractivity contribution in [3.63, 3.8) is 0 Å². The van der Waals surface area contributed by atoms with Crippen molar-refractivity contribution in [2.75, 3.05) is 0 Å². The maximum Gasteiger partial charge on any atom is 0.120 e. The van der Waals surface area contributed by atoms with Gasteiger partial charge in [-0.05, 0) is 49.9 Å². The first-order chi connectivity index (χ1) is 9.53. The summed E-state index contributed by atoms with van der Waals surface area (Å²) in [6.45, 7) is 4.23. The molecule has 0 aliphatic heterocycles. The SMILES string of the molecule is Cc1cc(OC2CC(Cl)C23CCCCC3)cc(C)c1Br. The molecule has 2 unspecified atom stereocenters. The third kappa shape index (κ3) is 2.39. The second-order valence-electron chi connectivity index (χ2n) is 6.47. The van der Waals surface area contributed by atoms with E-state index in [1.165, 1.54) is 47.7 Å². The van der Waals surface area contributed by atoms with Gasteiger partial charge in [0.05, 0.1) is 0 Å². The predicted molar refractivity (Wildman–Crippen MR) is 87.8 cm³/mol. The molecule has 0 bridgehead atoms. The summed E-state index contributed by atoms with van der Waals surface area (Å²) in [6, 6.07) is 4.27. The van der Waals surface area contributed by atoms with E-state index in [1.54, 1.807) is 0 Å². The molecular weight excluding hydrogens is 336 g/mol. The molecule has 3 rings (SSSR count). The number of aryl methyl sites for hydroxylation is 2. The molecule has 2 saturated carbocycles. The summed E-state index contributed by atoms with van der Waals surface area (Å²) in [5.41, 5.74) is 2.72. The third-order valence-electron chi connectivity index (χ3n) is 5.16. The van der Waals surface area contributed by atoms with Gasteiger partial charge in [0.15, 0.2) is 0 Å². The molecule has 2 atom stereocenters. The molecule has 0 N–H and O–H groups in total. The number of rotatable bonds is 2. The van der Waals surface area contributed by atoms with Crippen LogP contribution in [0.25, 0.3) is 0 Å². The molecule has 110 valence electrons. The van der Waals surface area contributed by atoms with Crippen LogP contribution in [0.5, 0.6) is 5.75 Å². The van der Waals surface area contributed by atoms with E-state index in [0.29, 0.717) is 11.5 Å². The smallest absolute Gasteiger partial charge is 0.120 e. The number of hydrogen-bond donors (Lipinski definition) is 0. The Morgan fingerprint density at radius 1 is 1.15 bits per heavy atom. The van der Waals surface area contributed by atoms with Gasteiger partial charge in [0.25, 0.3) is 0 Å². The summed E-state index contributed by atoms with van der Waals surface area (Å²) in [5, 5.41) is 0.311. The van der Waals surface area contributed by atoms with Gasteiger partial charge >= 0.3 is 0 Å². The standard InChI is InChI=1S/C17H22BrClO/c1-11-8-13(9-12(2)16(11)18)20-15-10-14(19)17(15)6-4-3-5-7-17/h8-9,14-15H,3-7,10H2,1-2H3. The first kappa shape index (κ1) is 14.7. The molecule has 0 radical (unpaired) electrons. The van der Waals surface area contributed by atoms with Crippen molar-refractivity contribution in [1.82, 2.24) is 0 Å². The molecule has 0 saturated heterocycles. The molecule has 2 aliphatic rings. The van der Waals surface area contributed by atoms with Gasteiger partial charge in [-0.25, -0.2) is 0 Å². The molecule has 2 fully saturated rings. The summed E-state index contributed by atoms with van der Waals surface area (Å²) in [6.07, 6.45) is 7.75. The van der Waals surface area contributed by atoms with Crippen LogP contribution in [0.2, 0.25) is 0 Å². The molecule has 0 amide bonds. The lowest BCUT2D eigenvalue weighted by Crippen LogP contribution is -2.58. The van der Waals surface area contributed by atoms with Crippen LogP contribution >= 0.6 is 27.5 Å². The predicted octanol–water partition coefficient (Wildman–Crippen LogP) is 5.77. The van der Waals surface area contributed by atoms with Crippen LogP contribution in [0.3, 0.4) is 0 Å². The fraction of sp³-hybridized carbons (Fsp3) is 0.647. The van der Waals surface area contributed by atoms with Crippen molar-refractivity contribution < 1.29 is 4.74 Å². The van der Waals surface area contributed by atoms with Crippen molar-refractivity contribution in [3.05, 3.63) is 27.7 Å². The summed E-state index contributed by atoms with van der Waals surface area (Å²) < 4.78 is 7.51. The van der Waals surface area contributed by atoms with Crippen LogP contribution in [0.1, 0.15) is 49.7 Å². The minimum Gasteiger partial charge on any atom is -0.490 e. The fourth-order valence-electron chi connectivity index (χ4n) is 3.85. The van der Waals surface area contributed by atoms with Gasteiger partial charge in [-0.1, -0.05) is 35.2 Å². The second kappa shape index (κ2) is 5.53. The van der Waals surface area contributed by atoms with Crippen LogP contribution in [0.4, 0.5) is 0 Å². The lowest BCUT2D eigenvalue weighted by atomic mass is 9.58. The normalized spacial score (nSPS) is 28.2. The van der Waals surface area contributed by atoms with E-state index in [1.807, 2.05) is 0 Å². The topological polar surface area (TPSA) is 9.23 Å². The zero-order valence-corrected chi connectivity index (χ0v) is 14.6. The maximum atomic E-state index is 6.55. The summed E-state index contributed by atoms with van der Waals surface area (Å²) >= 11 is 10.2. The summed E-state index contributed by atoms with van der Waals surface area (Å²) in [4.78, 5) is 0. The quantitative estimate of drug-likeness (QED) is 0.610. The number of benzene rings is 1. The summed E-state index contributed by atoms with van der Waals surface area (Å²) in [7, 11) is 0. The average Bonchev–Trinajstić information content (AvgIpc) is 2.45. The molecule has 0 heterocycles. The zero-order valence-electron chi connectivity index (χ0n) is 12.2. The Morgan fingerprint density at radius 2 is 1.75 bits per heavy atom. The van der Waals surface area contributed by atoms with Crippen molar-refractivity contribution in [2.45, 2.75) is 63.9 Å². The Bertz CT molecular complexity index is 485. The number of ether oxygens (including phenoxy) is 1. The van der Waals surface area contributed by atoms with Crippen molar-refractivity contribution >= 4 is 27.5 Å². The first-order valence-electron chi connectivity index (χ1n) is 7.60. The lowest BCUT2D eigenvalue weighted by molar-refractivity contribution is -0.0650. The first-order valence-corrected chi connectivity index (χ1v) is 8.83. The molecule has 20 heavy (non-hydrogen) atoms. The minimum atomic E-state index is 0.245. The van der Waals surface area contributed by atoms with E-state index in [4.69, 9.17) is 16.3 Å². The molecule has 1 spiro atoms. The van der Waals surface area contributed by atoms with Gasteiger partial charge in [-0.2, -0.15) is 0 Å². The highest BCUT2D eigenvalue weighted by atomic mass is 79.9. The van der Waals surface area contributed by atoms with E-state index >= 15 is 0 Å². The van der Waals surface area contributed by atoms with E-state index in [2.05, 4.69) is 41.9 Å². The van der Waals surface area contributed by atoms with Crippen molar-refractivity contribution in [3.8, 4) is 5.75 Å². The van der Waals surface area contributed by atoms with Crippen molar-refractivity contribution in [1.29, 1.82) is 0 Å². The van der Waals surface area contributed by atoms with E-state index in [-0.39, 0.29) is 5.41 Å². The Labute approximate surface area is 135 Å². The molecule has 2 aliphatic carbocycles. The minimum absolute atomic E-state index is 0.245. The van der Waals surface area contributed by atoms with Gasteiger partial charge < -0.3 is 4.74 Å². The van der Waals surface area contributed by atoms with Gasteiger partial charge in [0.2, 0.25) is 0 Å². The highest BCUT2D eigenvalue weighted by molar-refractivity contribution is 9.10. The van der Waals surface area contributed by atoms with E-state index in [0.717, 1.165) is 12.2 Å². The maximum absolute atomic E-state index is 6.55. The highest BCUT2D eigenvalue weighted by Gasteiger charge is 2.55. The second-order valence-corrected chi connectivity index (χ2v) is 7.79. The van der Waals surface area contributed by atoms with Gasteiger partial charge in [0, 0.05) is 21.7 Å². The fourth-order valence-corrected chi connectivity index (χ4v) is 4.60. The van der Waals surface area contributed by atoms with E-state index < -0.39 is 0 Å². The lowest BCUT2D eigenvalue weighted by Gasteiger charge is -2.55. The van der Waals surface area contributed by atoms with Gasteiger partial charge in [-0.15, -0.1) is 11.6 Å². The Kier molecular flexibility index (Phi) is 4.07. The average molecular weight is 358 g/mol. The van der Waals surface area contributed by atoms with Crippen LogP contribution in [0.15, 0.2) is 16.6 Å². The zero-order chi connectivity index (χ0) is 14.3. The molecule has 1 nitrogen and oxygen atoms in total. The van der Waals surface area contributed by atoms with Crippen LogP contribution < -0.4 is 4.74 Å². The van der Waals surface area contributed by atoms with Gasteiger partial charge in [0.1, 0.15) is 11.9 Å². The largest absolute Gasteiger partial charge is 0.490 e. The molecule has 0 aromatic heterocycles. The number of alkyl halides is 1. The summed E-state index contributed by atoms with van der Waals surface area (Å²) in [5.74, 6) is 1.00. The number of hydrogen-bond acceptors (Lipinski definition) is 1. The Hall–Kier alpha value is -0.210. The van der Waals surface area contributed by atoms with Crippen LogP contribution in [-0.4, -0.2) is 11.5 Å². The Balaban J connectivity index is 1.78. The highest BCUT2D eigenvalue weighted by Crippen LogP contribution is 2.55. The van der Waals surface area contributed by atoms with E-state index in [9.17, 15) is 0 Å². The third-order valence-corrected chi connectivity index (χ3v) is 7.02. The Morgan fingerprint density at radius 3 is 2.30 bits per heavy atom. The van der Waals surface area contributed by atoms with Crippen molar-refractivity contribution in [2.24, 2.45) is 5.41 Å². The molecular formula is C17H22BrClO. The van der Waals surface area contributed by atoms with Gasteiger partial charge in [-0.3, -0.25) is 0 Å². The molecule has 1 aromatic carbocycles. The molecule has 3 heteroatoms. The number of halogens is 2.